The number of benzene rings is 1. The van der Waals surface area contributed by atoms with Gasteiger partial charge in [0.1, 0.15) is 11.6 Å². The summed E-state index contributed by atoms with van der Waals surface area (Å²) in [6.45, 7) is 3.03. The maximum Gasteiger partial charge on any atom is 0.423 e. The third-order valence-electron chi connectivity index (χ3n) is 6.32. The highest BCUT2D eigenvalue weighted by molar-refractivity contribution is 6.04. The lowest BCUT2D eigenvalue weighted by molar-refractivity contribution is -0.277. The minimum absolute atomic E-state index is 0.0373. The summed E-state index contributed by atoms with van der Waals surface area (Å²) >= 11 is 0. The van der Waals surface area contributed by atoms with E-state index in [9.17, 15) is 27.9 Å². The van der Waals surface area contributed by atoms with Gasteiger partial charge in [0.25, 0.3) is 5.91 Å². The monoisotopic (exact) mass is 520 g/mol. The van der Waals surface area contributed by atoms with Crippen LogP contribution in [0.5, 0.6) is 0 Å². The summed E-state index contributed by atoms with van der Waals surface area (Å²) in [5.41, 5.74) is -2.75. The Hall–Kier alpha value is -3.71. The average Bonchev–Trinajstić information content (AvgIpc) is 3.22. The molecule has 3 aromatic rings. The molecule has 0 saturated carbocycles. The van der Waals surface area contributed by atoms with E-state index < -0.39 is 29.9 Å². The first-order chi connectivity index (χ1) is 17.4. The molecule has 0 radical (unpaired) electrons. The molecule has 1 fully saturated rings. The van der Waals surface area contributed by atoms with Crippen LogP contribution in [0.4, 0.5) is 24.8 Å². The predicted octanol–water partition coefficient (Wildman–Crippen LogP) is 2.14. The minimum atomic E-state index is -5.10. The zero-order valence-corrected chi connectivity index (χ0v) is 20.2. The number of aromatic nitrogens is 3. The van der Waals surface area contributed by atoms with Gasteiger partial charge in [-0.1, -0.05) is 12.1 Å². The lowest BCUT2D eigenvalue weighted by Gasteiger charge is -2.33. The highest BCUT2D eigenvalue weighted by Gasteiger charge is 2.54. The molecule has 0 spiro atoms. The highest BCUT2D eigenvalue weighted by atomic mass is 19.4. The van der Waals surface area contributed by atoms with Crippen molar-refractivity contribution < 1.29 is 33.0 Å². The number of fused-ring (bicyclic) bond motifs is 1. The van der Waals surface area contributed by atoms with Gasteiger partial charge in [-0.3, -0.25) is 9.59 Å². The fraction of sp³-hybridized carbons (Fsp3) is 0.417. The molecular weight excluding hydrogens is 493 g/mol. The van der Waals surface area contributed by atoms with Crippen molar-refractivity contribution in [2.75, 3.05) is 29.9 Å². The van der Waals surface area contributed by atoms with E-state index in [1.54, 1.807) is 16.6 Å². The van der Waals surface area contributed by atoms with Gasteiger partial charge in [-0.15, -0.1) is 0 Å². The summed E-state index contributed by atoms with van der Waals surface area (Å²) in [7, 11) is 0. The molecule has 198 valence electrons. The standard InChI is InChI=1S/C24H27F3N6O4/c1-14-11-20-29-19(12-21(33(20)31-14)32-9-7-18(8-10-32)28-15(2)35)30-22(36)16-3-5-17(6-4-16)23(37,13-34)24(25,26)27/h3-6,11-12,18,34,37H,7-10,13H2,1-2H3,(H,28,35)(H,29,30,36). The van der Waals surface area contributed by atoms with Crippen LogP contribution < -0.4 is 15.5 Å². The van der Waals surface area contributed by atoms with Crippen LogP contribution in [0, 0.1) is 6.92 Å². The van der Waals surface area contributed by atoms with Gasteiger partial charge in [0.15, 0.2) is 5.65 Å². The van der Waals surface area contributed by atoms with Crippen LogP contribution in [0.3, 0.4) is 0 Å². The fourth-order valence-electron chi connectivity index (χ4n) is 4.33. The number of hydrogen-bond donors (Lipinski definition) is 4. The van der Waals surface area contributed by atoms with Gasteiger partial charge < -0.3 is 25.7 Å². The molecule has 1 aliphatic rings. The van der Waals surface area contributed by atoms with Crippen molar-refractivity contribution in [2.24, 2.45) is 0 Å². The number of halogens is 3. The van der Waals surface area contributed by atoms with Crippen molar-refractivity contribution in [1.29, 1.82) is 0 Å². The van der Waals surface area contributed by atoms with E-state index in [2.05, 4.69) is 25.6 Å². The second-order valence-electron chi connectivity index (χ2n) is 9.06. The Labute approximate surface area is 210 Å². The molecule has 10 nitrogen and oxygen atoms in total. The van der Waals surface area contributed by atoms with Crippen LogP contribution >= 0.6 is 0 Å². The molecular formula is C24H27F3N6O4. The number of aryl methyl sites for hydroxylation is 1. The van der Waals surface area contributed by atoms with E-state index in [0.717, 1.165) is 42.8 Å². The normalized spacial score (nSPS) is 16.5. The molecule has 1 aliphatic heterocycles. The third kappa shape index (κ3) is 5.37. The Bertz CT molecular complexity index is 1300. The second-order valence-corrected chi connectivity index (χ2v) is 9.06. The van der Waals surface area contributed by atoms with Crippen molar-refractivity contribution in [1.82, 2.24) is 19.9 Å². The molecule has 0 aliphatic carbocycles. The van der Waals surface area contributed by atoms with Gasteiger partial charge in [-0.25, -0.2) is 4.98 Å². The molecule has 1 atom stereocenters. The topological polar surface area (TPSA) is 132 Å². The smallest absolute Gasteiger partial charge is 0.393 e. The second kappa shape index (κ2) is 9.98. The maximum atomic E-state index is 13.2. The van der Waals surface area contributed by atoms with Crippen molar-refractivity contribution in [2.45, 2.75) is 44.5 Å². The minimum Gasteiger partial charge on any atom is -0.393 e. The van der Waals surface area contributed by atoms with Crippen LogP contribution in [-0.2, 0) is 10.4 Å². The van der Waals surface area contributed by atoms with Crippen molar-refractivity contribution in [3.63, 3.8) is 0 Å². The number of carbonyl (C=O) groups is 2. The number of carbonyl (C=O) groups excluding carboxylic acids is 2. The van der Waals surface area contributed by atoms with Gasteiger partial charge in [-0.05, 0) is 37.5 Å². The zero-order chi connectivity index (χ0) is 27.0. The Kier molecular flexibility index (Phi) is 7.11. The summed E-state index contributed by atoms with van der Waals surface area (Å²) < 4.78 is 41.3. The number of aliphatic hydroxyl groups excluding tert-OH is 1. The first-order valence-electron chi connectivity index (χ1n) is 11.6. The zero-order valence-electron chi connectivity index (χ0n) is 20.2. The Morgan fingerprint density at radius 2 is 1.78 bits per heavy atom. The third-order valence-corrected chi connectivity index (χ3v) is 6.32. The molecule has 1 unspecified atom stereocenters. The Morgan fingerprint density at radius 1 is 1.14 bits per heavy atom. The number of rotatable bonds is 6. The fourth-order valence-corrected chi connectivity index (χ4v) is 4.33. The van der Waals surface area contributed by atoms with Gasteiger partial charge in [0.05, 0.1) is 12.3 Å². The molecule has 2 aromatic heterocycles. The number of alkyl halides is 3. The van der Waals surface area contributed by atoms with Gasteiger partial charge >= 0.3 is 6.18 Å². The molecule has 3 heterocycles. The predicted molar refractivity (Wildman–Crippen MR) is 128 cm³/mol. The molecule has 4 rings (SSSR count). The average molecular weight is 521 g/mol. The lowest BCUT2D eigenvalue weighted by atomic mass is 9.93. The van der Waals surface area contributed by atoms with Gasteiger partial charge in [0, 0.05) is 43.8 Å². The number of amides is 2. The van der Waals surface area contributed by atoms with Crippen molar-refractivity contribution >= 4 is 29.1 Å². The summed E-state index contributed by atoms with van der Waals surface area (Å²) in [6.07, 6.45) is -3.63. The molecule has 1 aromatic carbocycles. The van der Waals surface area contributed by atoms with Crippen LogP contribution in [0.15, 0.2) is 36.4 Å². The summed E-state index contributed by atoms with van der Waals surface area (Å²) in [5, 5.41) is 29.1. The number of piperidine rings is 1. The lowest BCUT2D eigenvalue weighted by Crippen LogP contribution is -2.45. The number of anilines is 2. The number of nitrogens with one attached hydrogen (secondary N) is 2. The largest absolute Gasteiger partial charge is 0.423 e. The highest BCUT2D eigenvalue weighted by Crippen LogP contribution is 2.38. The first kappa shape index (κ1) is 26.4. The Morgan fingerprint density at radius 3 is 2.35 bits per heavy atom. The van der Waals surface area contributed by atoms with E-state index in [1.165, 1.54) is 6.92 Å². The molecule has 4 N–H and O–H groups in total. The van der Waals surface area contributed by atoms with Crippen LogP contribution in [-0.4, -0.2) is 68.5 Å². The van der Waals surface area contributed by atoms with E-state index in [4.69, 9.17) is 5.11 Å². The van der Waals surface area contributed by atoms with Gasteiger partial charge in [-0.2, -0.15) is 22.8 Å². The SMILES string of the molecule is CC(=O)NC1CCN(c2cc(NC(=O)c3ccc(C(O)(CO)C(F)(F)F)cc3)nc3cc(C)nn23)CC1. The van der Waals surface area contributed by atoms with Crippen LogP contribution in [0.1, 0.15) is 41.4 Å². The summed E-state index contributed by atoms with van der Waals surface area (Å²) in [4.78, 5) is 30.7. The van der Waals surface area contributed by atoms with Crippen LogP contribution in [0.2, 0.25) is 0 Å². The number of aliphatic hydroxyl groups is 2. The van der Waals surface area contributed by atoms with Crippen molar-refractivity contribution in [3.05, 3.63) is 53.2 Å². The molecule has 13 heteroatoms. The molecule has 2 amide bonds. The van der Waals surface area contributed by atoms with E-state index in [-0.39, 0.29) is 23.3 Å². The molecule has 37 heavy (non-hydrogen) atoms. The van der Waals surface area contributed by atoms with Crippen molar-refractivity contribution in [3.8, 4) is 0 Å². The molecule has 0 bridgehead atoms. The van der Waals surface area contributed by atoms with Crippen LogP contribution in [0.25, 0.3) is 5.65 Å². The van der Waals surface area contributed by atoms with E-state index in [1.807, 2.05) is 6.92 Å². The number of hydrogen-bond acceptors (Lipinski definition) is 7. The summed E-state index contributed by atoms with van der Waals surface area (Å²) in [6, 6.07) is 7.65. The first-order valence-corrected chi connectivity index (χ1v) is 11.6. The summed E-state index contributed by atoms with van der Waals surface area (Å²) in [5.74, 6) is 0.227. The molecule has 1 saturated heterocycles. The van der Waals surface area contributed by atoms with Gasteiger partial charge in [0.2, 0.25) is 11.5 Å². The Balaban J connectivity index is 1.56. The van der Waals surface area contributed by atoms with E-state index >= 15 is 0 Å². The maximum absolute atomic E-state index is 13.2. The van der Waals surface area contributed by atoms with E-state index in [0.29, 0.717) is 24.6 Å². The quantitative estimate of drug-likeness (QED) is 0.392. The number of nitrogens with zero attached hydrogens (tertiary/aromatic N) is 4.